The van der Waals surface area contributed by atoms with Gasteiger partial charge in [-0.1, -0.05) is 18.2 Å². The molecule has 0 saturated heterocycles. The highest BCUT2D eigenvalue weighted by molar-refractivity contribution is 5.75. The number of aromatic nitrogens is 4. The van der Waals surface area contributed by atoms with Gasteiger partial charge in [0.1, 0.15) is 12.4 Å². The van der Waals surface area contributed by atoms with Crippen molar-refractivity contribution in [3.63, 3.8) is 0 Å². The van der Waals surface area contributed by atoms with Gasteiger partial charge in [-0.3, -0.25) is 19.4 Å². The summed E-state index contributed by atoms with van der Waals surface area (Å²) < 4.78 is 14.6. The molecule has 4 rings (SSSR count). The Kier molecular flexibility index (Phi) is 5.38. The zero-order valence-electron chi connectivity index (χ0n) is 15.5. The third kappa shape index (κ3) is 4.70. The number of nitrogens with one attached hydrogen (secondary N) is 1. The van der Waals surface area contributed by atoms with Gasteiger partial charge in [-0.05, 0) is 41.5 Å². The molecule has 0 spiro atoms. The number of hydrogen-bond donors (Lipinski definition) is 1. The van der Waals surface area contributed by atoms with Gasteiger partial charge in [-0.2, -0.15) is 5.10 Å². The van der Waals surface area contributed by atoms with Crippen molar-refractivity contribution in [1.82, 2.24) is 25.1 Å². The van der Waals surface area contributed by atoms with Crippen molar-refractivity contribution in [2.75, 3.05) is 0 Å². The summed E-state index contributed by atoms with van der Waals surface area (Å²) >= 11 is 0. The van der Waals surface area contributed by atoms with Crippen LogP contribution in [0.2, 0.25) is 0 Å². The smallest absolute Gasteiger partial charge is 0.241 e. The van der Waals surface area contributed by atoms with Gasteiger partial charge in [-0.15, -0.1) is 0 Å². The van der Waals surface area contributed by atoms with E-state index in [1.54, 1.807) is 47.8 Å². The van der Waals surface area contributed by atoms with Crippen molar-refractivity contribution in [3.8, 4) is 22.4 Å². The third-order valence-electron chi connectivity index (χ3n) is 4.39. The van der Waals surface area contributed by atoms with Gasteiger partial charge in [0.15, 0.2) is 0 Å². The number of pyridine rings is 2. The molecule has 0 atom stereocenters. The van der Waals surface area contributed by atoms with Gasteiger partial charge in [-0.25, -0.2) is 4.39 Å². The normalized spacial score (nSPS) is 10.7. The summed E-state index contributed by atoms with van der Waals surface area (Å²) in [5, 5.41) is 7.06. The first-order chi connectivity index (χ1) is 14.2. The molecule has 144 valence electrons. The fourth-order valence-corrected chi connectivity index (χ4v) is 2.86. The first kappa shape index (κ1) is 18.5. The molecule has 0 aliphatic carbocycles. The van der Waals surface area contributed by atoms with E-state index >= 15 is 0 Å². The molecule has 0 aliphatic rings. The fourth-order valence-electron chi connectivity index (χ4n) is 2.86. The Morgan fingerprint density at radius 2 is 1.83 bits per heavy atom. The van der Waals surface area contributed by atoms with Crippen molar-refractivity contribution in [2.24, 2.45) is 0 Å². The van der Waals surface area contributed by atoms with E-state index < -0.39 is 0 Å². The standard InChI is InChI=1S/C22H18FN5O/c23-20-6-4-17(5-7-20)19-13-27-28(14-19)15-22(29)26-11-16-3-8-21(25-10-16)18-2-1-9-24-12-18/h1-10,12-14H,11,15H2,(H,26,29). The maximum Gasteiger partial charge on any atom is 0.241 e. The number of amides is 1. The highest BCUT2D eigenvalue weighted by Crippen LogP contribution is 2.18. The number of hydrogen-bond acceptors (Lipinski definition) is 4. The lowest BCUT2D eigenvalue weighted by Gasteiger charge is -2.06. The predicted molar refractivity (Wildman–Crippen MR) is 107 cm³/mol. The highest BCUT2D eigenvalue weighted by atomic mass is 19.1. The Morgan fingerprint density at radius 1 is 0.966 bits per heavy atom. The Morgan fingerprint density at radius 3 is 2.55 bits per heavy atom. The molecule has 1 amide bonds. The second-order valence-electron chi connectivity index (χ2n) is 6.50. The van der Waals surface area contributed by atoms with Crippen LogP contribution >= 0.6 is 0 Å². The molecule has 6 nitrogen and oxygen atoms in total. The van der Waals surface area contributed by atoms with Crippen molar-refractivity contribution < 1.29 is 9.18 Å². The van der Waals surface area contributed by atoms with Crippen LogP contribution in [-0.2, 0) is 17.9 Å². The summed E-state index contributed by atoms with van der Waals surface area (Å²) in [7, 11) is 0. The van der Waals surface area contributed by atoms with E-state index in [2.05, 4.69) is 20.4 Å². The van der Waals surface area contributed by atoms with Crippen molar-refractivity contribution in [3.05, 3.63) is 90.9 Å². The summed E-state index contributed by atoms with van der Waals surface area (Å²) in [6.07, 6.45) is 8.63. The fraction of sp³-hybridized carbons (Fsp3) is 0.0909. The molecular formula is C22H18FN5O. The van der Waals surface area contributed by atoms with Gasteiger partial charge in [0.2, 0.25) is 5.91 Å². The third-order valence-corrected chi connectivity index (χ3v) is 4.39. The largest absolute Gasteiger partial charge is 0.350 e. The monoisotopic (exact) mass is 387 g/mol. The maximum absolute atomic E-state index is 13.0. The second-order valence-corrected chi connectivity index (χ2v) is 6.50. The quantitative estimate of drug-likeness (QED) is 0.550. The van der Waals surface area contributed by atoms with E-state index in [1.165, 1.54) is 12.1 Å². The zero-order chi connectivity index (χ0) is 20.1. The minimum Gasteiger partial charge on any atom is -0.350 e. The molecule has 0 saturated carbocycles. The summed E-state index contributed by atoms with van der Waals surface area (Å²) in [4.78, 5) is 20.7. The number of halogens is 1. The van der Waals surface area contributed by atoms with E-state index in [4.69, 9.17) is 0 Å². The van der Waals surface area contributed by atoms with Gasteiger partial charge in [0.25, 0.3) is 0 Å². The highest BCUT2D eigenvalue weighted by Gasteiger charge is 2.07. The van der Waals surface area contributed by atoms with Crippen LogP contribution in [-0.4, -0.2) is 25.7 Å². The van der Waals surface area contributed by atoms with Gasteiger partial charge in [0, 0.05) is 42.5 Å². The molecule has 3 aromatic heterocycles. The average molecular weight is 387 g/mol. The molecule has 3 heterocycles. The average Bonchev–Trinajstić information content (AvgIpc) is 3.22. The van der Waals surface area contributed by atoms with Crippen molar-refractivity contribution in [1.29, 1.82) is 0 Å². The lowest BCUT2D eigenvalue weighted by Crippen LogP contribution is -2.27. The molecule has 7 heteroatoms. The van der Waals surface area contributed by atoms with Crippen LogP contribution in [0, 0.1) is 5.82 Å². The van der Waals surface area contributed by atoms with Gasteiger partial charge >= 0.3 is 0 Å². The van der Waals surface area contributed by atoms with E-state index in [1.807, 2.05) is 24.3 Å². The van der Waals surface area contributed by atoms with Gasteiger partial charge < -0.3 is 5.32 Å². The first-order valence-corrected chi connectivity index (χ1v) is 9.08. The second kappa shape index (κ2) is 8.43. The minimum atomic E-state index is -0.288. The molecule has 4 aromatic rings. The van der Waals surface area contributed by atoms with Crippen LogP contribution in [0.15, 0.2) is 79.5 Å². The van der Waals surface area contributed by atoms with Crippen LogP contribution in [0.5, 0.6) is 0 Å². The summed E-state index contributed by atoms with van der Waals surface area (Å²) in [6, 6.07) is 13.8. The molecule has 0 aliphatic heterocycles. The molecule has 29 heavy (non-hydrogen) atoms. The predicted octanol–water partition coefficient (Wildman–Crippen LogP) is 3.46. The van der Waals surface area contributed by atoms with E-state index in [-0.39, 0.29) is 18.3 Å². The summed E-state index contributed by atoms with van der Waals surface area (Å²) in [5.74, 6) is -0.446. The van der Waals surface area contributed by atoms with Crippen LogP contribution in [0.3, 0.4) is 0 Å². The summed E-state index contributed by atoms with van der Waals surface area (Å²) in [5.41, 5.74) is 4.35. The summed E-state index contributed by atoms with van der Waals surface area (Å²) in [6.45, 7) is 0.480. The molecule has 0 radical (unpaired) electrons. The molecular weight excluding hydrogens is 369 g/mol. The minimum absolute atomic E-state index is 0.0996. The van der Waals surface area contributed by atoms with E-state index in [9.17, 15) is 9.18 Å². The maximum atomic E-state index is 13.0. The van der Waals surface area contributed by atoms with Crippen LogP contribution in [0.1, 0.15) is 5.56 Å². The lowest BCUT2D eigenvalue weighted by molar-refractivity contribution is -0.122. The van der Waals surface area contributed by atoms with Crippen molar-refractivity contribution in [2.45, 2.75) is 13.1 Å². The first-order valence-electron chi connectivity index (χ1n) is 9.08. The number of nitrogens with zero attached hydrogens (tertiary/aromatic N) is 4. The Bertz CT molecular complexity index is 1090. The van der Waals surface area contributed by atoms with E-state index in [0.29, 0.717) is 6.54 Å². The Labute approximate surface area is 167 Å². The molecule has 0 bridgehead atoms. The molecule has 1 aromatic carbocycles. The van der Waals surface area contributed by atoms with Crippen molar-refractivity contribution >= 4 is 5.91 Å². The van der Waals surface area contributed by atoms with Gasteiger partial charge in [0.05, 0.1) is 11.9 Å². The number of carbonyl (C=O) groups excluding carboxylic acids is 1. The lowest BCUT2D eigenvalue weighted by atomic mass is 10.1. The number of rotatable bonds is 6. The Balaban J connectivity index is 1.32. The zero-order valence-corrected chi connectivity index (χ0v) is 15.5. The molecule has 0 unspecified atom stereocenters. The molecule has 1 N–H and O–H groups in total. The molecule has 0 fully saturated rings. The van der Waals surface area contributed by atoms with E-state index in [0.717, 1.165) is 27.9 Å². The number of carbonyl (C=O) groups is 1. The topological polar surface area (TPSA) is 72.7 Å². The number of benzene rings is 1. The SMILES string of the molecule is O=C(Cn1cc(-c2ccc(F)cc2)cn1)NCc1ccc(-c2cccnc2)nc1. The van der Waals surface area contributed by atoms with Crippen LogP contribution < -0.4 is 5.32 Å². The van der Waals surface area contributed by atoms with Crippen LogP contribution in [0.4, 0.5) is 4.39 Å². The van der Waals surface area contributed by atoms with Crippen LogP contribution in [0.25, 0.3) is 22.4 Å². The Hall–Kier alpha value is -3.87.